The number of imide groups is 1. The summed E-state index contributed by atoms with van der Waals surface area (Å²) in [4.78, 5) is 65.0. The number of non-ortho nitro benzene ring substituents is 1. The summed E-state index contributed by atoms with van der Waals surface area (Å²) in [6.45, 7) is 0.752. The summed E-state index contributed by atoms with van der Waals surface area (Å²) in [6, 6.07) is 11.3. The molecule has 12 heteroatoms. The monoisotopic (exact) mass is 505 g/mol. The number of carbonyl (C=O) groups excluding carboxylic acids is 2. The van der Waals surface area contributed by atoms with Crippen molar-refractivity contribution in [3.05, 3.63) is 92.3 Å². The first-order valence-electron chi connectivity index (χ1n) is 10.9. The zero-order chi connectivity index (χ0) is 26.9. The fourth-order valence-corrected chi connectivity index (χ4v) is 4.19. The van der Waals surface area contributed by atoms with Crippen LogP contribution in [0, 0.1) is 17.0 Å². The highest BCUT2D eigenvalue weighted by molar-refractivity contribution is 6.21. The number of pyridine rings is 1. The zero-order valence-electron chi connectivity index (χ0n) is 19.3. The molecule has 4 rings (SSSR count). The Hall–Kier alpha value is -4.97. The summed E-state index contributed by atoms with van der Waals surface area (Å²) in [5.74, 6) is -3.89. The van der Waals surface area contributed by atoms with Gasteiger partial charge in [-0.3, -0.25) is 29.6 Å². The Labute approximate surface area is 208 Å². The van der Waals surface area contributed by atoms with Gasteiger partial charge < -0.3 is 14.9 Å². The van der Waals surface area contributed by atoms with Crippen molar-refractivity contribution in [2.45, 2.75) is 13.5 Å². The minimum absolute atomic E-state index is 0.0155. The van der Waals surface area contributed by atoms with E-state index in [9.17, 15) is 39.5 Å². The van der Waals surface area contributed by atoms with Gasteiger partial charge in [0.25, 0.3) is 17.5 Å². The standard InChI is InChI=1S/C25H19N3O9/c1-13-19(24(31)32)20(14-5-4-6-15(11-14)28(35)36)21(25(33)34)18(26-13)12-37-10-9-27-22(29)16-7-2-3-8-17(16)23(27)30/h2-8,11H,9-10,12H2,1H3,(H,31,32)(H,33,34). The van der Waals surface area contributed by atoms with Crippen LogP contribution in [0.4, 0.5) is 5.69 Å². The summed E-state index contributed by atoms with van der Waals surface area (Å²) in [5, 5.41) is 31.0. The Balaban J connectivity index is 1.63. The first-order valence-corrected chi connectivity index (χ1v) is 10.9. The molecule has 0 bridgehead atoms. The first-order chi connectivity index (χ1) is 17.6. The number of amides is 2. The highest BCUT2D eigenvalue weighted by Gasteiger charge is 2.35. The molecule has 0 unspecified atom stereocenters. The fraction of sp³-hybridized carbons (Fsp3) is 0.160. The van der Waals surface area contributed by atoms with Gasteiger partial charge >= 0.3 is 11.9 Å². The lowest BCUT2D eigenvalue weighted by atomic mass is 9.92. The van der Waals surface area contributed by atoms with Crippen LogP contribution in [0.3, 0.4) is 0 Å². The number of carboxylic acids is 2. The van der Waals surface area contributed by atoms with Gasteiger partial charge in [0.05, 0.1) is 58.3 Å². The number of benzene rings is 2. The summed E-state index contributed by atoms with van der Waals surface area (Å²) in [5.41, 5.74) is -1.03. The second-order valence-electron chi connectivity index (χ2n) is 8.05. The van der Waals surface area contributed by atoms with Crippen LogP contribution in [0.15, 0.2) is 48.5 Å². The number of carbonyl (C=O) groups is 4. The molecule has 0 spiro atoms. The highest BCUT2D eigenvalue weighted by atomic mass is 16.6. The number of nitro groups is 1. The molecule has 0 saturated heterocycles. The van der Waals surface area contributed by atoms with Crippen LogP contribution in [0.2, 0.25) is 0 Å². The molecular formula is C25H19N3O9. The molecule has 0 saturated carbocycles. The van der Waals surface area contributed by atoms with Gasteiger partial charge in [0.15, 0.2) is 0 Å². The molecule has 2 amide bonds. The normalized spacial score (nSPS) is 12.5. The molecule has 188 valence electrons. The molecule has 2 heterocycles. The molecule has 1 aromatic heterocycles. The summed E-state index contributed by atoms with van der Waals surface area (Å²) in [6.07, 6.45) is 0. The van der Waals surface area contributed by atoms with Gasteiger partial charge in [-0.1, -0.05) is 24.3 Å². The Kier molecular flexibility index (Phi) is 6.76. The molecule has 0 fully saturated rings. The van der Waals surface area contributed by atoms with Gasteiger partial charge in [-0.15, -0.1) is 0 Å². The van der Waals surface area contributed by atoms with E-state index in [-0.39, 0.29) is 59.1 Å². The maximum Gasteiger partial charge on any atom is 0.338 e. The van der Waals surface area contributed by atoms with E-state index < -0.39 is 39.8 Å². The van der Waals surface area contributed by atoms with Gasteiger partial charge in [-0.05, 0) is 24.6 Å². The van der Waals surface area contributed by atoms with Gasteiger partial charge in [0.2, 0.25) is 0 Å². The van der Waals surface area contributed by atoms with E-state index in [1.807, 2.05) is 0 Å². The van der Waals surface area contributed by atoms with E-state index in [2.05, 4.69) is 4.98 Å². The van der Waals surface area contributed by atoms with Crippen molar-refractivity contribution < 1.29 is 39.1 Å². The lowest BCUT2D eigenvalue weighted by Gasteiger charge is -2.17. The molecule has 2 aromatic carbocycles. The first kappa shape index (κ1) is 25.1. The Bertz CT molecular complexity index is 1450. The maximum atomic E-state index is 12.5. The number of hydrogen-bond donors (Lipinski definition) is 2. The number of fused-ring (bicyclic) bond motifs is 1. The molecule has 37 heavy (non-hydrogen) atoms. The average molecular weight is 505 g/mol. The molecule has 1 aliphatic rings. The van der Waals surface area contributed by atoms with Crippen molar-refractivity contribution in [3.63, 3.8) is 0 Å². The number of hydrogen-bond acceptors (Lipinski definition) is 8. The third-order valence-corrected chi connectivity index (χ3v) is 5.80. The lowest BCUT2D eigenvalue weighted by molar-refractivity contribution is -0.384. The van der Waals surface area contributed by atoms with Crippen molar-refractivity contribution >= 4 is 29.4 Å². The molecule has 0 radical (unpaired) electrons. The van der Waals surface area contributed by atoms with Crippen molar-refractivity contribution in [2.24, 2.45) is 0 Å². The third-order valence-electron chi connectivity index (χ3n) is 5.80. The second kappa shape index (κ2) is 9.95. The maximum absolute atomic E-state index is 12.5. The van der Waals surface area contributed by atoms with Crippen molar-refractivity contribution in [1.29, 1.82) is 0 Å². The quantitative estimate of drug-likeness (QED) is 0.190. The van der Waals surface area contributed by atoms with Crippen LogP contribution < -0.4 is 0 Å². The summed E-state index contributed by atoms with van der Waals surface area (Å²) < 4.78 is 5.55. The second-order valence-corrected chi connectivity index (χ2v) is 8.05. The number of carboxylic acid groups (broad SMARTS) is 2. The van der Waals surface area contributed by atoms with E-state index in [0.717, 1.165) is 11.0 Å². The van der Waals surface area contributed by atoms with Crippen molar-refractivity contribution in [2.75, 3.05) is 13.2 Å². The predicted molar refractivity (Wildman–Crippen MR) is 126 cm³/mol. The number of aromatic carboxylic acids is 2. The number of aryl methyl sites for hydroxylation is 1. The smallest absolute Gasteiger partial charge is 0.338 e. The summed E-state index contributed by atoms with van der Waals surface area (Å²) >= 11 is 0. The van der Waals surface area contributed by atoms with Gasteiger partial charge in [0, 0.05) is 17.7 Å². The van der Waals surface area contributed by atoms with E-state index >= 15 is 0 Å². The molecule has 12 nitrogen and oxygen atoms in total. The number of rotatable bonds is 9. The Morgan fingerprint density at radius 2 is 1.62 bits per heavy atom. The van der Waals surface area contributed by atoms with Crippen LogP contribution in [0.5, 0.6) is 0 Å². The van der Waals surface area contributed by atoms with E-state index in [1.165, 1.54) is 25.1 Å². The lowest BCUT2D eigenvalue weighted by Crippen LogP contribution is -2.33. The van der Waals surface area contributed by atoms with Crippen LogP contribution in [-0.4, -0.2) is 61.9 Å². The third kappa shape index (κ3) is 4.65. The average Bonchev–Trinajstić information content (AvgIpc) is 3.10. The number of nitro benzene ring substituents is 1. The minimum Gasteiger partial charge on any atom is -0.478 e. The number of ether oxygens (including phenoxy) is 1. The molecule has 2 N–H and O–H groups in total. The predicted octanol–water partition coefficient (Wildman–Crippen LogP) is 3.17. The van der Waals surface area contributed by atoms with Crippen molar-refractivity contribution in [3.8, 4) is 11.1 Å². The SMILES string of the molecule is Cc1nc(COCCN2C(=O)c3ccccc3C2=O)c(C(=O)O)c(-c2cccc([N+](=O)[O-])c2)c1C(=O)O. The molecular weight excluding hydrogens is 486 g/mol. The molecule has 0 atom stereocenters. The highest BCUT2D eigenvalue weighted by Crippen LogP contribution is 2.34. The number of nitrogens with zero attached hydrogens (tertiary/aromatic N) is 3. The Morgan fingerprint density at radius 1 is 1.00 bits per heavy atom. The van der Waals surface area contributed by atoms with Crippen LogP contribution >= 0.6 is 0 Å². The molecule has 0 aliphatic carbocycles. The fourth-order valence-electron chi connectivity index (χ4n) is 4.19. The van der Waals surface area contributed by atoms with E-state index in [4.69, 9.17) is 4.74 Å². The van der Waals surface area contributed by atoms with Crippen molar-refractivity contribution in [1.82, 2.24) is 9.88 Å². The van der Waals surface area contributed by atoms with Gasteiger partial charge in [-0.25, -0.2) is 9.59 Å². The van der Waals surface area contributed by atoms with E-state index in [0.29, 0.717) is 0 Å². The topological polar surface area (TPSA) is 177 Å². The van der Waals surface area contributed by atoms with E-state index in [1.54, 1.807) is 24.3 Å². The van der Waals surface area contributed by atoms with Crippen LogP contribution in [-0.2, 0) is 11.3 Å². The van der Waals surface area contributed by atoms with Crippen LogP contribution in [0.25, 0.3) is 11.1 Å². The molecule has 3 aromatic rings. The minimum atomic E-state index is -1.50. The number of aromatic nitrogens is 1. The Morgan fingerprint density at radius 3 is 2.19 bits per heavy atom. The van der Waals surface area contributed by atoms with Gasteiger partial charge in [-0.2, -0.15) is 0 Å². The zero-order valence-corrected chi connectivity index (χ0v) is 19.3. The molecule has 1 aliphatic heterocycles. The van der Waals surface area contributed by atoms with Gasteiger partial charge in [0.1, 0.15) is 0 Å². The largest absolute Gasteiger partial charge is 0.478 e. The van der Waals surface area contributed by atoms with Crippen LogP contribution in [0.1, 0.15) is 52.8 Å². The summed E-state index contributed by atoms with van der Waals surface area (Å²) in [7, 11) is 0.